The maximum atomic E-state index is 8.67. The molecule has 0 spiro atoms. The van der Waals surface area contributed by atoms with E-state index in [1.807, 2.05) is 24.3 Å². The van der Waals surface area contributed by atoms with Gasteiger partial charge in [0.25, 0.3) is 0 Å². The Hall–Kier alpha value is -0.690. The van der Waals surface area contributed by atoms with E-state index < -0.39 is 0 Å². The first-order valence-electron chi connectivity index (χ1n) is 5.21. The molecule has 1 aliphatic heterocycles. The van der Waals surface area contributed by atoms with Crippen LogP contribution in [0.15, 0.2) is 24.3 Å². The molecule has 1 saturated heterocycles. The van der Waals surface area contributed by atoms with Crippen LogP contribution in [0.5, 0.6) is 0 Å². The predicted molar refractivity (Wildman–Crippen MR) is 66.4 cm³/mol. The summed E-state index contributed by atoms with van der Waals surface area (Å²) in [5.74, 6) is 0. The summed E-state index contributed by atoms with van der Waals surface area (Å²) in [6, 6.07) is 7.74. The van der Waals surface area contributed by atoms with Crippen molar-refractivity contribution in [1.82, 2.24) is 0 Å². The van der Waals surface area contributed by atoms with Gasteiger partial charge in [-0.1, -0.05) is 23.7 Å². The lowest BCUT2D eigenvalue weighted by atomic mass is 10.0. The zero-order valence-electron chi connectivity index (χ0n) is 8.73. The number of thiocyanates is 1. The molecule has 0 saturated carbocycles. The van der Waals surface area contributed by atoms with Crippen LogP contribution in [-0.2, 0) is 4.74 Å². The number of thioether (sulfide) groups is 1. The Kier molecular flexibility index (Phi) is 4.11. The number of ether oxygens (including phenoxy) is 1. The highest BCUT2D eigenvalue weighted by Gasteiger charge is 2.24. The summed E-state index contributed by atoms with van der Waals surface area (Å²) in [4.78, 5) is 0. The SMILES string of the molecule is N#CS[C@H]1CCO[C@@H](c2ccc(Cl)cc2)C1. The van der Waals surface area contributed by atoms with Crippen LogP contribution in [0.4, 0.5) is 0 Å². The molecule has 0 unspecified atom stereocenters. The van der Waals surface area contributed by atoms with E-state index in [9.17, 15) is 0 Å². The minimum atomic E-state index is 0.108. The average Bonchev–Trinajstić information content (AvgIpc) is 2.31. The summed E-state index contributed by atoms with van der Waals surface area (Å²) < 4.78 is 5.71. The molecule has 1 aromatic carbocycles. The lowest BCUT2D eigenvalue weighted by molar-refractivity contribution is 0.0179. The number of hydrogen-bond donors (Lipinski definition) is 0. The third kappa shape index (κ3) is 2.91. The van der Waals surface area contributed by atoms with Crippen molar-refractivity contribution >= 4 is 23.4 Å². The zero-order valence-corrected chi connectivity index (χ0v) is 10.3. The van der Waals surface area contributed by atoms with Crippen LogP contribution in [0, 0.1) is 10.7 Å². The van der Waals surface area contributed by atoms with Crippen LogP contribution in [0.1, 0.15) is 24.5 Å². The van der Waals surface area contributed by atoms with Gasteiger partial charge >= 0.3 is 0 Å². The Bertz CT molecular complexity index is 387. The van der Waals surface area contributed by atoms with Gasteiger partial charge in [0.15, 0.2) is 0 Å². The minimum absolute atomic E-state index is 0.108. The summed E-state index contributed by atoms with van der Waals surface area (Å²) in [6.07, 6.45) is 1.97. The van der Waals surface area contributed by atoms with E-state index in [1.165, 1.54) is 11.8 Å². The normalized spacial score (nSPS) is 25.0. The highest BCUT2D eigenvalue weighted by molar-refractivity contribution is 8.04. The lowest BCUT2D eigenvalue weighted by Crippen LogP contribution is -2.21. The Morgan fingerprint density at radius 3 is 2.81 bits per heavy atom. The van der Waals surface area contributed by atoms with Crippen molar-refractivity contribution in [2.45, 2.75) is 24.2 Å². The molecular formula is C12H12ClNOS. The average molecular weight is 254 g/mol. The Labute approximate surface area is 105 Å². The van der Waals surface area contributed by atoms with Gasteiger partial charge in [0, 0.05) is 16.9 Å². The molecular weight excluding hydrogens is 242 g/mol. The smallest absolute Gasteiger partial charge is 0.133 e. The number of halogens is 1. The van der Waals surface area contributed by atoms with Crippen LogP contribution in [0.3, 0.4) is 0 Å². The first kappa shape index (κ1) is 11.8. The van der Waals surface area contributed by atoms with Crippen LogP contribution < -0.4 is 0 Å². The predicted octanol–water partition coefficient (Wildman–Crippen LogP) is 3.77. The van der Waals surface area contributed by atoms with Crippen molar-refractivity contribution in [1.29, 1.82) is 5.26 Å². The van der Waals surface area contributed by atoms with E-state index in [1.54, 1.807) is 0 Å². The van der Waals surface area contributed by atoms with Gasteiger partial charge in [-0.25, -0.2) is 0 Å². The van der Waals surface area contributed by atoms with Crippen molar-refractivity contribution in [2.75, 3.05) is 6.61 Å². The second-order valence-electron chi connectivity index (χ2n) is 3.77. The van der Waals surface area contributed by atoms with Gasteiger partial charge in [-0.3, -0.25) is 0 Å². The first-order valence-corrected chi connectivity index (χ1v) is 6.47. The second kappa shape index (κ2) is 5.58. The van der Waals surface area contributed by atoms with Gasteiger partial charge in [0.1, 0.15) is 5.40 Å². The van der Waals surface area contributed by atoms with E-state index in [0.29, 0.717) is 5.25 Å². The molecule has 2 rings (SSSR count). The Balaban J connectivity index is 2.04. The maximum absolute atomic E-state index is 8.67. The fraction of sp³-hybridized carbons (Fsp3) is 0.417. The Morgan fingerprint density at radius 2 is 2.12 bits per heavy atom. The molecule has 0 bridgehead atoms. The molecule has 1 aliphatic rings. The van der Waals surface area contributed by atoms with Crippen molar-refractivity contribution in [3.8, 4) is 5.40 Å². The van der Waals surface area contributed by atoms with Crippen LogP contribution in [-0.4, -0.2) is 11.9 Å². The molecule has 0 aromatic heterocycles. The molecule has 0 amide bonds. The third-order valence-corrected chi connectivity index (χ3v) is 3.82. The first-order chi connectivity index (χ1) is 7.79. The minimum Gasteiger partial charge on any atom is -0.373 e. The van der Waals surface area contributed by atoms with Crippen molar-refractivity contribution in [3.63, 3.8) is 0 Å². The van der Waals surface area contributed by atoms with Crippen LogP contribution in [0.25, 0.3) is 0 Å². The van der Waals surface area contributed by atoms with Crippen molar-refractivity contribution < 1.29 is 4.74 Å². The number of nitriles is 1. The summed E-state index contributed by atoms with van der Waals surface area (Å²) in [5.41, 5.74) is 1.15. The van der Waals surface area contributed by atoms with Crippen molar-refractivity contribution in [3.05, 3.63) is 34.9 Å². The third-order valence-electron chi connectivity index (χ3n) is 2.70. The van der Waals surface area contributed by atoms with Gasteiger partial charge in [0.05, 0.1) is 6.10 Å². The molecule has 0 N–H and O–H groups in total. The van der Waals surface area contributed by atoms with Gasteiger partial charge in [-0.05, 0) is 42.3 Å². The van der Waals surface area contributed by atoms with Gasteiger partial charge in [-0.2, -0.15) is 5.26 Å². The molecule has 1 aromatic rings. The quantitative estimate of drug-likeness (QED) is 0.752. The molecule has 84 valence electrons. The number of hydrogen-bond acceptors (Lipinski definition) is 3. The fourth-order valence-electron chi connectivity index (χ4n) is 1.86. The van der Waals surface area contributed by atoms with Gasteiger partial charge < -0.3 is 4.74 Å². The molecule has 2 nitrogen and oxygen atoms in total. The van der Waals surface area contributed by atoms with E-state index in [4.69, 9.17) is 21.6 Å². The second-order valence-corrected chi connectivity index (χ2v) is 5.29. The highest BCUT2D eigenvalue weighted by Crippen LogP contribution is 2.33. The van der Waals surface area contributed by atoms with Gasteiger partial charge in [-0.15, -0.1) is 0 Å². The summed E-state index contributed by atoms with van der Waals surface area (Å²) in [7, 11) is 0. The lowest BCUT2D eigenvalue weighted by Gasteiger charge is -2.27. The van der Waals surface area contributed by atoms with E-state index >= 15 is 0 Å². The number of rotatable bonds is 2. The standard InChI is InChI=1S/C12H12ClNOS/c13-10-3-1-9(2-4-10)12-7-11(16-8-14)5-6-15-12/h1-4,11-12H,5-7H2/t11-,12+/m0/s1. The molecule has 1 fully saturated rings. The molecule has 2 atom stereocenters. The van der Waals surface area contributed by atoms with Gasteiger partial charge in [0.2, 0.25) is 0 Å². The van der Waals surface area contributed by atoms with Crippen LogP contribution in [0.2, 0.25) is 5.02 Å². The summed E-state index contributed by atoms with van der Waals surface area (Å²) >= 11 is 7.19. The largest absolute Gasteiger partial charge is 0.373 e. The maximum Gasteiger partial charge on any atom is 0.133 e. The molecule has 0 radical (unpaired) electrons. The monoisotopic (exact) mass is 253 g/mol. The molecule has 4 heteroatoms. The number of benzene rings is 1. The molecule has 1 heterocycles. The topological polar surface area (TPSA) is 33.0 Å². The summed E-state index contributed by atoms with van der Waals surface area (Å²) in [5, 5.41) is 12.0. The molecule has 0 aliphatic carbocycles. The van der Waals surface area contributed by atoms with Crippen molar-refractivity contribution in [2.24, 2.45) is 0 Å². The fourth-order valence-corrected chi connectivity index (χ4v) is 2.62. The van der Waals surface area contributed by atoms with Crippen LogP contribution >= 0.6 is 23.4 Å². The van der Waals surface area contributed by atoms with E-state index in [-0.39, 0.29) is 6.10 Å². The number of nitrogens with zero attached hydrogens (tertiary/aromatic N) is 1. The Morgan fingerprint density at radius 1 is 1.38 bits per heavy atom. The van der Waals surface area contributed by atoms with E-state index in [0.717, 1.165) is 30.0 Å². The highest BCUT2D eigenvalue weighted by atomic mass is 35.5. The zero-order chi connectivity index (χ0) is 11.4. The van der Waals surface area contributed by atoms with E-state index in [2.05, 4.69) is 5.40 Å². The summed E-state index contributed by atoms with van der Waals surface area (Å²) in [6.45, 7) is 0.729. The molecule has 16 heavy (non-hydrogen) atoms.